The van der Waals surface area contributed by atoms with E-state index >= 15 is 0 Å². The maximum atomic E-state index is 12.3. The van der Waals surface area contributed by atoms with Crippen LogP contribution in [0, 0.1) is 0 Å². The minimum Gasteiger partial charge on any atom is -0.322 e. The van der Waals surface area contributed by atoms with Crippen LogP contribution in [0.3, 0.4) is 0 Å². The Kier molecular flexibility index (Phi) is 4.17. The molecule has 0 fully saturated rings. The summed E-state index contributed by atoms with van der Waals surface area (Å²) in [4.78, 5) is 20.9. The van der Waals surface area contributed by atoms with Crippen LogP contribution in [0.15, 0.2) is 66.9 Å². The quantitative estimate of drug-likeness (QED) is 0.503. The number of carbonyl (C=O) groups is 1. The molecule has 0 radical (unpaired) electrons. The third-order valence-electron chi connectivity index (χ3n) is 3.65. The number of carbonyl (C=O) groups excluding carboxylic acids is 1. The minimum absolute atomic E-state index is 0.231. The van der Waals surface area contributed by atoms with Crippen molar-refractivity contribution in [1.29, 1.82) is 0 Å². The molecule has 25 heavy (non-hydrogen) atoms. The highest BCUT2D eigenvalue weighted by atomic mass is 35.5. The van der Waals surface area contributed by atoms with Crippen molar-refractivity contribution in [3.63, 3.8) is 0 Å². The summed E-state index contributed by atoms with van der Waals surface area (Å²) in [6.45, 7) is 0. The van der Waals surface area contributed by atoms with E-state index in [0.29, 0.717) is 16.4 Å². The molecule has 0 aliphatic carbocycles. The number of fused-ring (bicyclic) bond motifs is 1. The predicted molar refractivity (Wildman–Crippen MR) is 102 cm³/mol. The van der Waals surface area contributed by atoms with Gasteiger partial charge in [-0.05, 0) is 36.4 Å². The molecule has 4 nitrogen and oxygen atoms in total. The maximum absolute atomic E-state index is 12.3. The summed E-state index contributed by atoms with van der Waals surface area (Å²) in [5.41, 5.74) is 3.10. The topological polar surface area (TPSA) is 54.9 Å². The van der Waals surface area contributed by atoms with Crippen LogP contribution in [0.25, 0.3) is 20.8 Å². The Morgan fingerprint density at radius 1 is 1.04 bits per heavy atom. The fourth-order valence-electron chi connectivity index (χ4n) is 2.44. The molecule has 2 heterocycles. The molecule has 0 aliphatic rings. The molecule has 122 valence electrons. The Morgan fingerprint density at radius 2 is 1.92 bits per heavy atom. The number of nitrogens with zero attached hydrogens (tertiary/aromatic N) is 2. The number of rotatable bonds is 3. The number of hydrogen-bond acceptors (Lipinski definition) is 4. The van der Waals surface area contributed by atoms with Crippen LogP contribution in [0.4, 0.5) is 5.69 Å². The van der Waals surface area contributed by atoms with Crippen molar-refractivity contribution in [3.05, 3.63) is 77.6 Å². The van der Waals surface area contributed by atoms with E-state index in [9.17, 15) is 4.79 Å². The molecule has 4 rings (SSSR count). The number of pyridine rings is 1. The zero-order valence-electron chi connectivity index (χ0n) is 12.9. The third kappa shape index (κ3) is 3.38. The van der Waals surface area contributed by atoms with Crippen LogP contribution in [0.1, 0.15) is 10.4 Å². The highest BCUT2D eigenvalue weighted by Crippen LogP contribution is 2.31. The lowest BCUT2D eigenvalue weighted by atomic mass is 10.2. The average molecular weight is 366 g/mol. The first-order valence-corrected chi connectivity index (χ1v) is 8.77. The van der Waals surface area contributed by atoms with Gasteiger partial charge in [0.1, 0.15) is 10.2 Å². The molecule has 0 saturated heterocycles. The van der Waals surface area contributed by atoms with Gasteiger partial charge in [0.2, 0.25) is 0 Å². The smallest absolute Gasteiger partial charge is 0.257 e. The van der Waals surface area contributed by atoms with Crippen molar-refractivity contribution < 1.29 is 4.79 Å². The zero-order valence-corrected chi connectivity index (χ0v) is 14.5. The SMILES string of the molecule is O=C(Nc1cccc(-c2nc3ccccc3s2)c1)c1ccc(Cl)nc1. The van der Waals surface area contributed by atoms with E-state index in [0.717, 1.165) is 20.8 Å². The van der Waals surface area contributed by atoms with Gasteiger partial charge in [0, 0.05) is 17.4 Å². The number of aromatic nitrogens is 2. The van der Waals surface area contributed by atoms with Crippen LogP contribution in [0.2, 0.25) is 5.15 Å². The summed E-state index contributed by atoms with van der Waals surface area (Å²) in [7, 11) is 0. The van der Waals surface area contributed by atoms with Crippen molar-refractivity contribution in [2.75, 3.05) is 5.32 Å². The second-order valence-corrected chi connectivity index (χ2v) is 6.81. The van der Waals surface area contributed by atoms with Gasteiger partial charge >= 0.3 is 0 Å². The number of amides is 1. The first kappa shape index (κ1) is 15.7. The number of halogens is 1. The lowest BCUT2D eigenvalue weighted by Crippen LogP contribution is -2.12. The van der Waals surface area contributed by atoms with Crippen LogP contribution >= 0.6 is 22.9 Å². The van der Waals surface area contributed by atoms with E-state index < -0.39 is 0 Å². The first-order chi connectivity index (χ1) is 12.2. The number of thiazole rings is 1. The maximum Gasteiger partial charge on any atom is 0.257 e. The van der Waals surface area contributed by atoms with Crippen molar-refractivity contribution in [2.24, 2.45) is 0 Å². The largest absolute Gasteiger partial charge is 0.322 e. The van der Waals surface area contributed by atoms with Crippen molar-refractivity contribution in [3.8, 4) is 10.6 Å². The number of benzene rings is 2. The third-order valence-corrected chi connectivity index (χ3v) is 4.96. The summed E-state index contributed by atoms with van der Waals surface area (Å²) < 4.78 is 1.14. The van der Waals surface area contributed by atoms with Gasteiger partial charge in [0.05, 0.1) is 15.8 Å². The predicted octanol–water partition coefficient (Wildman–Crippen LogP) is 5.26. The average Bonchev–Trinajstić information content (AvgIpc) is 3.07. The van der Waals surface area contributed by atoms with Crippen molar-refractivity contribution in [1.82, 2.24) is 9.97 Å². The van der Waals surface area contributed by atoms with Gasteiger partial charge in [-0.15, -0.1) is 11.3 Å². The van der Waals surface area contributed by atoms with E-state index in [1.165, 1.54) is 6.20 Å². The molecule has 0 spiro atoms. The highest BCUT2D eigenvalue weighted by Gasteiger charge is 2.09. The van der Waals surface area contributed by atoms with E-state index in [1.54, 1.807) is 23.5 Å². The monoisotopic (exact) mass is 365 g/mol. The lowest BCUT2D eigenvalue weighted by molar-refractivity contribution is 0.102. The molecule has 1 amide bonds. The van der Waals surface area contributed by atoms with Gasteiger partial charge in [-0.3, -0.25) is 4.79 Å². The minimum atomic E-state index is -0.231. The Morgan fingerprint density at radius 3 is 2.72 bits per heavy atom. The van der Waals surface area contributed by atoms with Crippen molar-refractivity contribution >= 4 is 44.7 Å². The fraction of sp³-hybridized carbons (Fsp3) is 0. The van der Waals surface area contributed by atoms with Crippen LogP contribution in [0.5, 0.6) is 0 Å². The molecular weight excluding hydrogens is 354 g/mol. The Hall–Kier alpha value is -2.76. The molecule has 0 unspecified atom stereocenters. The van der Waals surface area contributed by atoms with Crippen LogP contribution in [-0.4, -0.2) is 15.9 Å². The number of para-hydroxylation sites is 1. The van der Waals surface area contributed by atoms with Gasteiger partial charge in [0.15, 0.2) is 0 Å². The molecule has 0 saturated carbocycles. The molecule has 0 bridgehead atoms. The normalized spacial score (nSPS) is 10.8. The number of anilines is 1. The molecule has 2 aromatic carbocycles. The molecule has 6 heteroatoms. The van der Waals surface area contributed by atoms with Gasteiger partial charge < -0.3 is 5.32 Å². The summed E-state index contributed by atoms with van der Waals surface area (Å²) in [5, 5.41) is 4.15. The Bertz CT molecular complexity index is 1030. The number of hydrogen-bond donors (Lipinski definition) is 1. The molecule has 1 N–H and O–H groups in total. The van der Waals surface area contributed by atoms with E-state index in [1.807, 2.05) is 42.5 Å². The molecule has 4 aromatic rings. The molecule has 2 aromatic heterocycles. The standard InChI is InChI=1S/C19H12ClN3OS/c20-17-9-8-13(11-21-17)18(24)22-14-5-3-4-12(10-14)19-23-15-6-1-2-7-16(15)25-19/h1-11H,(H,22,24). The van der Waals surface area contributed by atoms with E-state index in [-0.39, 0.29) is 5.91 Å². The van der Waals surface area contributed by atoms with Gasteiger partial charge in [-0.25, -0.2) is 9.97 Å². The molecule has 0 aliphatic heterocycles. The van der Waals surface area contributed by atoms with E-state index in [4.69, 9.17) is 11.6 Å². The first-order valence-electron chi connectivity index (χ1n) is 7.58. The number of nitrogens with one attached hydrogen (secondary N) is 1. The zero-order chi connectivity index (χ0) is 17.2. The molecule has 0 atom stereocenters. The fourth-order valence-corrected chi connectivity index (χ4v) is 3.51. The summed E-state index contributed by atoms with van der Waals surface area (Å²) in [6.07, 6.45) is 1.45. The lowest BCUT2D eigenvalue weighted by Gasteiger charge is -2.06. The summed E-state index contributed by atoms with van der Waals surface area (Å²) in [5.74, 6) is -0.231. The summed E-state index contributed by atoms with van der Waals surface area (Å²) >= 11 is 7.38. The van der Waals surface area contributed by atoms with Gasteiger partial charge in [-0.2, -0.15) is 0 Å². The van der Waals surface area contributed by atoms with Gasteiger partial charge in [0.25, 0.3) is 5.91 Å². The van der Waals surface area contributed by atoms with Crippen LogP contribution < -0.4 is 5.32 Å². The second kappa shape index (κ2) is 6.63. The van der Waals surface area contributed by atoms with Crippen LogP contribution in [-0.2, 0) is 0 Å². The highest BCUT2D eigenvalue weighted by molar-refractivity contribution is 7.21. The Labute approximate surface area is 153 Å². The second-order valence-electron chi connectivity index (χ2n) is 5.39. The van der Waals surface area contributed by atoms with E-state index in [2.05, 4.69) is 21.4 Å². The van der Waals surface area contributed by atoms with Crippen molar-refractivity contribution in [2.45, 2.75) is 0 Å². The molecular formula is C19H12ClN3OS. The summed E-state index contributed by atoms with van der Waals surface area (Å²) in [6, 6.07) is 18.9. The Balaban J connectivity index is 1.60. The van der Waals surface area contributed by atoms with Gasteiger partial charge in [-0.1, -0.05) is 35.9 Å².